The quantitative estimate of drug-likeness (QED) is 0.352. The zero-order chi connectivity index (χ0) is 20.1. The first-order valence-corrected chi connectivity index (χ1v) is 10.2. The molecule has 0 bridgehead atoms. The number of hydrogen-bond donors (Lipinski definition) is 0. The molecule has 0 unspecified atom stereocenters. The van der Waals surface area contributed by atoms with E-state index in [0.717, 1.165) is 33.7 Å². The van der Waals surface area contributed by atoms with E-state index in [0.29, 0.717) is 11.6 Å². The van der Waals surface area contributed by atoms with E-state index < -0.39 is 0 Å². The average Bonchev–Trinajstić information content (AvgIpc) is 3.08. The number of furan rings is 1. The van der Waals surface area contributed by atoms with Crippen LogP contribution in [0.5, 0.6) is 0 Å². The molecule has 0 N–H and O–H groups in total. The Morgan fingerprint density at radius 3 is 2.69 bits per heavy atom. The summed E-state index contributed by atoms with van der Waals surface area (Å²) in [5, 5.41) is 4.54. The van der Waals surface area contributed by atoms with Gasteiger partial charge in [-0.1, -0.05) is 50.2 Å². The maximum Gasteiger partial charge on any atom is 0.227 e. The average molecular weight is 381 g/mol. The van der Waals surface area contributed by atoms with Crippen LogP contribution in [-0.2, 0) is 13.5 Å². The molecule has 0 fully saturated rings. The highest BCUT2D eigenvalue weighted by atomic mass is 16.3. The largest absolute Gasteiger partial charge is 0.437 e. The zero-order valence-corrected chi connectivity index (χ0v) is 17.4. The third kappa shape index (κ3) is 2.89. The first-order valence-electron chi connectivity index (χ1n) is 10.2. The van der Waals surface area contributed by atoms with E-state index in [4.69, 9.17) is 4.42 Å². The number of pyridine rings is 2. The molecule has 0 aliphatic rings. The van der Waals surface area contributed by atoms with Crippen molar-refractivity contribution < 1.29 is 8.98 Å². The fraction of sp³-hybridized carbons (Fsp3) is 0.231. The SMILES string of the molecule is Cc1ccc2c(oc3ncc4ccccc4c32)c1-c1cc(CC(C)C)cc[n+]1C. The molecule has 0 saturated carbocycles. The molecule has 3 heterocycles. The molecular weight excluding hydrogens is 356 g/mol. The van der Waals surface area contributed by atoms with Crippen molar-refractivity contribution in [1.29, 1.82) is 0 Å². The Kier molecular flexibility index (Phi) is 4.13. The highest BCUT2D eigenvalue weighted by Crippen LogP contribution is 2.39. The molecule has 2 aromatic carbocycles. The second kappa shape index (κ2) is 6.70. The van der Waals surface area contributed by atoms with Gasteiger partial charge in [-0.25, -0.2) is 9.55 Å². The minimum Gasteiger partial charge on any atom is -0.437 e. The van der Waals surface area contributed by atoms with E-state index in [1.165, 1.54) is 22.2 Å². The van der Waals surface area contributed by atoms with Crippen molar-refractivity contribution in [2.75, 3.05) is 0 Å². The summed E-state index contributed by atoms with van der Waals surface area (Å²) in [5.41, 5.74) is 6.50. The Labute approximate surface area is 170 Å². The van der Waals surface area contributed by atoms with Crippen LogP contribution in [0, 0.1) is 12.8 Å². The fourth-order valence-electron chi connectivity index (χ4n) is 4.34. The standard InChI is InChI=1S/C26H25N2O/c1-16(2)13-18-11-12-28(4)22(14-18)23-17(3)9-10-21-24-20-8-6-5-7-19(20)15-27-26(24)29-25(21)23/h5-12,14-16H,13H2,1-4H3/q+1. The van der Waals surface area contributed by atoms with Gasteiger partial charge in [-0.2, -0.15) is 0 Å². The molecule has 0 amide bonds. The topological polar surface area (TPSA) is 29.9 Å². The van der Waals surface area contributed by atoms with Crippen molar-refractivity contribution in [3.05, 3.63) is 72.1 Å². The van der Waals surface area contributed by atoms with Gasteiger partial charge in [-0.3, -0.25) is 0 Å². The Bertz CT molecular complexity index is 1380. The van der Waals surface area contributed by atoms with Crippen LogP contribution in [0.3, 0.4) is 0 Å². The zero-order valence-electron chi connectivity index (χ0n) is 17.4. The minimum absolute atomic E-state index is 0.620. The summed E-state index contributed by atoms with van der Waals surface area (Å²) in [5.74, 6) is 0.620. The van der Waals surface area contributed by atoms with Gasteiger partial charge in [0.25, 0.3) is 0 Å². The molecule has 144 valence electrons. The van der Waals surface area contributed by atoms with Crippen LogP contribution < -0.4 is 4.57 Å². The summed E-state index contributed by atoms with van der Waals surface area (Å²) in [4.78, 5) is 4.62. The number of benzene rings is 2. The Morgan fingerprint density at radius 2 is 1.86 bits per heavy atom. The molecule has 3 heteroatoms. The van der Waals surface area contributed by atoms with Crippen LogP contribution in [-0.4, -0.2) is 4.98 Å². The van der Waals surface area contributed by atoms with Crippen molar-refractivity contribution in [1.82, 2.24) is 4.98 Å². The molecule has 3 aromatic heterocycles. The highest BCUT2D eigenvalue weighted by molar-refractivity contribution is 6.19. The van der Waals surface area contributed by atoms with Crippen LogP contribution in [0.25, 0.3) is 44.1 Å². The molecule has 0 radical (unpaired) electrons. The maximum absolute atomic E-state index is 6.38. The van der Waals surface area contributed by atoms with E-state index in [2.05, 4.69) is 86.0 Å². The Balaban J connectivity index is 1.85. The van der Waals surface area contributed by atoms with E-state index in [9.17, 15) is 0 Å². The summed E-state index contributed by atoms with van der Waals surface area (Å²) in [6.07, 6.45) is 5.12. The third-order valence-electron chi connectivity index (χ3n) is 5.71. The Morgan fingerprint density at radius 1 is 1.03 bits per heavy atom. The molecule has 0 aliphatic carbocycles. The van der Waals surface area contributed by atoms with E-state index >= 15 is 0 Å². The first kappa shape index (κ1) is 17.9. The van der Waals surface area contributed by atoms with Gasteiger partial charge < -0.3 is 4.42 Å². The molecule has 0 saturated heterocycles. The van der Waals surface area contributed by atoms with Crippen molar-refractivity contribution >= 4 is 32.8 Å². The van der Waals surface area contributed by atoms with Crippen LogP contribution in [0.2, 0.25) is 0 Å². The number of aryl methyl sites for hydroxylation is 2. The Hall–Kier alpha value is -3.20. The van der Waals surface area contributed by atoms with Crippen LogP contribution in [0.4, 0.5) is 0 Å². The number of rotatable bonds is 3. The summed E-state index contributed by atoms with van der Waals surface area (Å²) in [6.45, 7) is 6.67. The number of nitrogens with zero attached hydrogens (tertiary/aromatic N) is 2. The molecule has 3 nitrogen and oxygen atoms in total. The number of hydrogen-bond acceptors (Lipinski definition) is 2. The van der Waals surface area contributed by atoms with Crippen LogP contribution in [0.15, 0.2) is 65.3 Å². The maximum atomic E-state index is 6.38. The molecule has 5 rings (SSSR count). The van der Waals surface area contributed by atoms with Gasteiger partial charge in [0.2, 0.25) is 11.4 Å². The van der Waals surface area contributed by atoms with Gasteiger partial charge in [0, 0.05) is 29.1 Å². The normalized spacial score (nSPS) is 11.9. The number of fused-ring (bicyclic) bond motifs is 5. The van der Waals surface area contributed by atoms with Gasteiger partial charge >= 0.3 is 0 Å². The number of aromatic nitrogens is 2. The minimum atomic E-state index is 0.620. The van der Waals surface area contributed by atoms with E-state index in [-0.39, 0.29) is 0 Å². The van der Waals surface area contributed by atoms with Gasteiger partial charge in [-0.15, -0.1) is 0 Å². The highest BCUT2D eigenvalue weighted by Gasteiger charge is 2.22. The van der Waals surface area contributed by atoms with Gasteiger partial charge in [0.05, 0.1) is 10.9 Å². The first-order chi connectivity index (χ1) is 14.0. The summed E-state index contributed by atoms with van der Waals surface area (Å²) >= 11 is 0. The van der Waals surface area contributed by atoms with Crippen molar-refractivity contribution in [3.63, 3.8) is 0 Å². The van der Waals surface area contributed by atoms with Crippen molar-refractivity contribution in [2.45, 2.75) is 27.2 Å². The van der Waals surface area contributed by atoms with Gasteiger partial charge in [0.15, 0.2) is 11.8 Å². The van der Waals surface area contributed by atoms with Crippen molar-refractivity contribution in [2.24, 2.45) is 13.0 Å². The summed E-state index contributed by atoms with van der Waals surface area (Å²) in [6, 6.07) is 17.3. The van der Waals surface area contributed by atoms with Gasteiger partial charge in [-0.05, 0) is 35.8 Å². The van der Waals surface area contributed by atoms with E-state index in [1.54, 1.807) is 0 Å². The lowest BCUT2D eigenvalue weighted by Crippen LogP contribution is -2.31. The fourth-order valence-corrected chi connectivity index (χ4v) is 4.34. The molecule has 0 spiro atoms. The predicted octanol–water partition coefficient (Wildman–Crippen LogP) is 6.13. The second-order valence-corrected chi connectivity index (χ2v) is 8.39. The molecule has 5 aromatic rings. The monoisotopic (exact) mass is 381 g/mol. The van der Waals surface area contributed by atoms with Crippen molar-refractivity contribution in [3.8, 4) is 11.3 Å². The molecule has 0 atom stereocenters. The lowest BCUT2D eigenvalue weighted by molar-refractivity contribution is -0.660. The molecular formula is C26H25N2O+. The summed E-state index contributed by atoms with van der Waals surface area (Å²) in [7, 11) is 2.10. The third-order valence-corrected chi connectivity index (χ3v) is 5.71. The predicted molar refractivity (Wildman–Crippen MR) is 119 cm³/mol. The molecule has 0 aliphatic heterocycles. The molecule has 29 heavy (non-hydrogen) atoms. The lowest BCUT2D eigenvalue weighted by atomic mass is 9.97. The van der Waals surface area contributed by atoms with E-state index in [1.807, 2.05) is 12.3 Å². The van der Waals surface area contributed by atoms with Crippen LogP contribution >= 0.6 is 0 Å². The van der Waals surface area contributed by atoms with Gasteiger partial charge in [0.1, 0.15) is 7.05 Å². The second-order valence-electron chi connectivity index (χ2n) is 8.39. The van der Waals surface area contributed by atoms with Crippen LogP contribution in [0.1, 0.15) is 25.0 Å². The smallest absolute Gasteiger partial charge is 0.227 e. The lowest BCUT2D eigenvalue weighted by Gasteiger charge is -2.09. The summed E-state index contributed by atoms with van der Waals surface area (Å²) < 4.78 is 8.56.